The molecular weight excluding hydrogens is 312 g/mol. The molecule has 0 saturated heterocycles. The van der Waals surface area contributed by atoms with Gasteiger partial charge in [-0.05, 0) is 47.1 Å². The second kappa shape index (κ2) is 4.52. The quantitative estimate of drug-likeness (QED) is 0.771. The van der Waals surface area contributed by atoms with Crippen LogP contribution in [0.3, 0.4) is 0 Å². The van der Waals surface area contributed by atoms with Gasteiger partial charge in [-0.2, -0.15) is 0 Å². The van der Waals surface area contributed by atoms with Gasteiger partial charge in [-0.15, -0.1) is 11.3 Å². The molecule has 1 aromatic carbocycles. The van der Waals surface area contributed by atoms with E-state index in [9.17, 15) is 4.79 Å². The fraction of sp³-hybridized carbons (Fsp3) is 0.214. The Morgan fingerprint density at radius 3 is 2.89 bits per heavy atom. The molecule has 1 aromatic heterocycles. The van der Waals surface area contributed by atoms with Crippen molar-refractivity contribution >= 4 is 33.0 Å². The lowest BCUT2D eigenvalue weighted by Crippen LogP contribution is -2.19. The molecule has 0 amide bonds. The van der Waals surface area contributed by atoms with E-state index < -0.39 is 0 Å². The fourth-order valence-corrected chi connectivity index (χ4v) is 3.55. The number of carbonyl (C=O) groups excluding carboxylic acids is 1. The number of ether oxygens (including phenoxy) is 1. The van der Waals surface area contributed by atoms with E-state index in [1.54, 1.807) is 11.3 Å². The number of rotatable bonds is 1. The number of halogens is 1. The smallest absolute Gasteiger partial charge is 0.170 e. The summed E-state index contributed by atoms with van der Waals surface area (Å²) in [6, 6.07) is 9.75. The standard InChI is InChI=1S/C14H11BrO2S/c1-8-2-3-11-9(6-8)10(16)7-12(17-11)13-4-5-14(15)18-13/h2-6,12H,7H2,1H3. The van der Waals surface area contributed by atoms with Crippen molar-refractivity contribution in [1.29, 1.82) is 0 Å². The zero-order valence-corrected chi connectivity index (χ0v) is 12.2. The van der Waals surface area contributed by atoms with Crippen molar-refractivity contribution in [2.75, 3.05) is 0 Å². The third-order valence-electron chi connectivity index (χ3n) is 2.99. The Kier molecular flexibility index (Phi) is 2.99. The lowest BCUT2D eigenvalue weighted by atomic mass is 9.98. The number of carbonyl (C=O) groups is 1. The zero-order chi connectivity index (χ0) is 12.7. The Morgan fingerprint density at radius 2 is 2.17 bits per heavy atom. The van der Waals surface area contributed by atoms with Gasteiger partial charge in [-0.25, -0.2) is 0 Å². The van der Waals surface area contributed by atoms with Crippen LogP contribution in [0.1, 0.15) is 33.3 Å². The number of thiophene rings is 1. The van der Waals surface area contributed by atoms with Gasteiger partial charge in [0.1, 0.15) is 11.9 Å². The van der Waals surface area contributed by atoms with Crippen LogP contribution in [0, 0.1) is 6.92 Å². The molecule has 4 heteroatoms. The minimum Gasteiger partial charge on any atom is -0.484 e. The molecule has 3 rings (SSSR count). The van der Waals surface area contributed by atoms with Crippen molar-refractivity contribution in [2.45, 2.75) is 19.4 Å². The highest BCUT2D eigenvalue weighted by Gasteiger charge is 2.28. The molecule has 1 unspecified atom stereocenters. The van der Waals surface area contributed by atoms with Gasteiger partial charge in [-0.1, -0.05) is 11.6 Å². The van der Waals surface area contributed by atoms with E-state index in [4.69, 9.17) is 4.74 Å². The molecule has 2 aromatic rings. The summed E-state index contributed by atoms with van der Waals surface area (Å²) in [7, 11) is 0. The van der Waals surface area contributed by atoms with E-state index >= 15 is 0 Å². The van der Waals surface area contributed by atoms with Crippen molar-refractivity contribution < 1.29 is 9.53 Å². The number of ketones is 1. The SMILES string of the molecule is Cc1ccc2c(c1)C(=O)CC(c1ccc(Br)s1)O2. The molecule has 0 spiro atoms. The minimum absolute atomic E-state index is 0.149. The minimum atomic E-state index is -0.149. The number of benzene rings is 1. The van der Waals surface area contributed by atoms with Gasteiger partial charge in [0.15, 0.2) is 5.78 Å². The topological polar surface area (TPSA) is 26.3 Å². The highest BCUT2D eigenvalue weighted by atomic mass is 79.9. The maximum atomic E-state index is 12.1. The van der Waals surface area contributed by atoms with Crippen LogP contribution in [0.15, 0.2) is 34.1 Å². The lowest BCUT2D eigenvalue weighted by molar-refractivity contribution is 0.0854. The van der Waals surface area contributed by atoms with Crippen LogP contribution in [-0.2, 0) is 0 Å². The Bertz CT molecular complexity index is 618. The van der Waals surface area contributed by atoms with E-state index in [0.29, 0.717) is 17.7 Å². The molecule has 0 N–H and O–H groups in total. The van der Waals surface area contributed by atoms with E-state index in [1.807, 2.05) is 37.3 Å². The molecule has 0 aliphatic carbocycles. The van der Waals surface area contributed by atoms with Crippen molar-refractivity contribution in [3.8, 4) is 5.75 Å². The molecule has 2 nitrogen and oxygen atoms in total. The highest BCUT2D eigenvalue weighted by molar-refractivity contribution is 9.11. The predicted molar refractivity (Wildman–Crippen MR) is 75.5 cm³/mol. The van der Waals surface area contributed by atoms with Crippen molar-refractivity contribution in [2.24, 2.45) is 0 Å². The van der Waals surface area contributed by atoms with Crippen LogP contribution >= 0.6 is 27.3 Å². The van der Waals surface area contributed by atoms with Crippen LogP contribution in [0.4, 0.5) is 0 Å². The summed E-state index contributed by atoms with van der Waals surface area (Å²) in [5, 5.41) is 0. The van der Waals surface area contributed by atoms with Crippen LogP contribution in [0.25, 0.3) is 0 Å². The zero-order valence-electron chi connectivity index (χ0n) is 9.77. The second-order valence-corrected chi connectivity index (χ2v) is 6.87. The summed E-state index contributed by atoms with van der Waals surface area (Å²) in [6.45, 7) is 1.98. The van der Waals surface area contributed by atoms with E-state index in [0.717, 1.165) is 14.2 Å². The highest BCUT2D eigenvalue weighted by Crippen LogP contribution is 2.38. The van der Waals surface area contributed by atoms with Gasteiger partial charge < -0.3 is 4.74 Å². The molecule has 2 heterocycles. The number of hydrogen-bond acceptors (Lipinski definition) is 3. The molecule has 0 fully saturated rings. The van der Waals surface area contributed by atoms with Gasteiger partial charge in [0.05, 0.1) is 15.8 Å². The summed E-state index contributed by atoms with van der Waals surface area (Å²) in [5.74, 6) is 0.862. The normalized spacial score (nSPS) is 18.3. The first-order chi connectivity index (χ1) is 8.63. The summed E-state index contributed by atoms with van der Waals surface area (Å²) in [4.78, 5) is 13.2. The summed E-state index contributed by atoms with van der Waals surface area (Å²) in [5.41, 5.74) is 1.80. The largest absolute Gasteiger partial charge is 0.484 e. The first-order valence-corrected chi connectivity index (χ1v) is 7.30. The fourth-order valence-electron chi connectivity index (χ4n) is 2.10. The molecule has 1 atom stereocenters. The first kappa shape index (κ1) is 11.9. The molecule has 1 aliphatic heterocycles. The Morgan fingerprint density at radius 1 is 1.33 bits per heavy atom. The molecule has 0 saturated carbocycles. The van der Waals surface area contributed by atoms with Gasteiger partial charge in [-0.3, -0.25) is 4.79 Å². The monoisotopic (exact) mass is 322 g/mol. The summed E-state index contributed by atoms with van der Waals surface area (Å²) >= 11 is 5.05. The number of aryl methyl sites for hydroxylation is 1. The second-order valence-electron chi connectivity index (χ2n) is 4.38. The molecule has 92 valence electrons. The summed E-state index contributed by atoms with van der Waals surface area (Å²) < 4.78 is 6.98. The van der Waals surface area contributed by atoms with E-state index in [-0.39, 0.29) is 11.9 Å². The first-order valence-electron chi connectivity index (χ1n) is 5.69. The van der Waals surface area contributed by atoms with E-state index in [2.05, 4.69) is 15.9 Å². The van der Waals surface area contributed by atoms with Crippen LogP contribution < -0.4 is 4.74 Å². The van der Waals surface area contributed by atoms with E-state index in [1.165, 1.54) is 0 Å². The van der Waals surface area contributed by atoms with Crippen molar-refractivity contribution in [3.63, 3.8) is 0 Å². The van der Waals surface area contributed by atoms with Crippen LogP contribution in [-0.4, -0.2) is 5.78 Å². The molecule has 0 radical (unpaired) electrons. The number of fused-ring (bicyclic) bond motifs is 1. The van der Waals surface area contributed by atoms with Crippen molar-refractivity contribution in [1.82, 2.24) is 0 Å². The maximum Gasteiger partial charge on any atom is 0.170 e. The van der Waals surface area contributed by atoms with Gasteiger partial charge in [0.25, 0.3) is 0 Å². The van der Waals surface area contributed by atoms with Crippen LogP contribution in [0.2, 0.25) is 0 Å². The molecular formula is C14H11BrO2S. The average Bonchev–Trinajstić information content (AvgIpc) is 2.77. The Hall–Kier alpha value is -1.13. The maximum absolute atomic E-state index is 12.1. The molecule has 0 bridgehead atoms. The van der Waals surface area contributed by atoms with Gasteiger partial charge in [0.2, 0.25) is 0 Å². The van der Waals surface area contributed by atoms with Crippen LogP contribution in [0.5, 0.6) is 5.75 Å². The van der Waals surface area contributed by atoms with Crippen molar-refractivity contribution in [3.05, 3.63) is 50.1 Å². The molecule has 18 heavy (non-hydrogen) atoms. The Labute approximate surface area is 118 Å². The number of hydrogen-bond donors (Lipinski definition) is 0. The third kappa shape index (κ3) is 2.10. The molecule has 1 aliphatic rings. The number of Topliss-reactive ketones (excluding diaryl/α,β-unsaturated/α-hetero) is 1. The lowest BCUT2D eigenvalue weighted by Gasteiger charge is -2.24. The predicted octanol–water partition coefficient (Wildman–Crippen LogP) is 4.53. The van der Waals surface area contributed by atoms with Gasteiger partial charge >= 0.3 is 0 Å². The van der Waals surface area contributed by atoms with Gasteiger partial charge in [0, 0.05) is 4.88 Å². The summed E-state index contributed by atoms with van der Waals surface area (Å²) in [6.07, 6.45) is 0.271. The average molecular weight is 323 g/mol. The Balaban J connectivity index is 1.96. The third-order valence-corrected chi connectivity index (χ3v) is 4.70.